The first kappa shape index (κ1) is 11.1. The number of hydrogen-bond donors (Lipinski definition) is 0. The Bertz CT molecular complexity index is 538. The monoisotopic (exact) mass is 234 g/mol. The van der Waals surface area contributed by atoms with E-state index in [9.17, 15) is 10.1 Å². The number of non-ortho nitro benzene ring substituents is 1. The van der Waals surface area contributed by atoms with Crippen LogP contribution in [0, 0.1) is 10.1 Å². The number of nitro benzene ring substituents is 1. The summed E-state index contributed by atoms with van der Waals surface area (Å²) in [4.78, 5) is 14.1. The van der Waals surface area contributed by atoms with Crippen LogP contribution in [0.15, 0.2) is 30.6 Å². The van der Waals surface area contributed by atoms with E-state index in [1.54, 1.807) is 23.9 Å². The summed E-state index contributed by atoms with van der Waals surface area (Å²) >= 11 is 0. The molecule has 7 heteroatoms. The predicted octanol–water partition coefficient (Wildman–Crippen LogP) is 1.30. The molecule has 17 heavy (non-hydrogen) atoms. The summed E-state index contributed by atoms with van der Waals surface area (Å²) in [6.45, 7) is 0.220. The standard InChI is InChI=1S/C10H10N4O3/c1-13-10(11-7-12-13)6-17-9-4-2-3-8(5-9)14(15)16/h2-5,7H,6H2,1H3. The molecular weight excluding hydrogens is 224 g/mol. The minimum atomic E-state index is -0.463. The lowest BCUT2D eigenvalue weighted by atomic mass is 10.3. The zero-order valence-electron chi connectivity index (χ0n) is 9.11. The van der Waals surface area contributed by atoms with Crippen molar-refractivity contribution in [2.45, 2.75) is 6.61 Å². The lowest BCUT2D eigenvalue weighted by Crippen LogP contribution is -2.04. The highest BCUT2D eigenvalue weighted by Gasteiger charge is 2.07. The second-order valence-corrected chi connectivity index (χ2v) is 3.34. The van der Waals surface area contributed by atoms with E-state index in [1.165, 1.54) is 18.5 Å². The van der Waals surface area contributed by atoms with Gasteiger partial charge in [-0.15, -0.1) is 0 Å². The van der Waals surface area contributed by atoms with Crippen molar-refractivity contribution in [3.8, 4) is 5.75 Å². The first-order valence-corrected chi connectivity index (χ1v) is 4.87. The Labute approximate surface area is 96.8 Å². The van der Waals surface area contributed by atoms with Crippen molar-refractivity contribution >= 4 is 5.69 Å². The van der Waals surface area contributed by atoms with Crippen LogP contribution in [-0.4, -0.2) is 19.7 Å². The van der Waals surface area contributed by atoms with Gasteiger partial charge in [0.1, 0.15) is 18.7 Å². The van der Waals surface area contributed by atoms with Crippen LogP contribution in [0.25, 0.3) is 0 Å². The summed E-state index contributed by atoms with van der Waals surface area (Å²) in [6, 6.07) is 6.01. The molecule has 0 aliphatic rings. The number of hydrogen-bond acceptors (Lipinski definition) is 5. The third-order valence-electron chi connectivity index (χ3n) is 2.20. The van der Waals surface area contributed by atoms with E-state index in [1.807, 2.05) is 0 Å². The summed E-state index contributed by atoms with van der Waals surface area (Å²) in [6.07, 6.45) is 1.42. The van der Waals surface area contributed by atoms with Gasteiger partial charge in [0.25, 0.3) is 5.69 Å². The Morgan fingerprint density at radius 3 is 3.00 bits per heavy atom. The molecule has 1 aromatic carbocycles. The van der Waals surface area contributed by atoms with E-state index in [4.69, 9.17) is 4.74 Å². The predicted molar refractivity (Wildman–Crippen MR) is 58.4 cm³/mol. The molecule has 88 valence electrons. The molecule has 0 radical (unpaired) electrons. The molecule has 0 atom stereocenters. The first-order valence-electron chi connectivity index (χ1n) is 4.87. The van der Waals surface area contributed by atoms with Crippen molar-refractivity contribution < 1.29 is 9.66 Å². The van der Waals surface area contributed by atoms with E-state index in [-0.39, 0.29) is 12.3 Å². The largest absolute Gasteiger partial charge is 0.485 e. The van der Waals surface area contributed by atoms with Gasteiger partial charge in [0.15, 0.2) is 5.82 Å². The maximum Gasteiger partial charge on any atom is 0.273 e. The normalized spacial score (nSPS) is 10.2. The quantitative estimate of drug-likeness (QED) is 0.588. The Hall–Kier alpha value is -2.44. The summed E-state index contributed by atoms with van der Waals surface area (Å²) < 4.78 is 6.97. The van der Waals surface area contributed by atoms with Gasteiger partial charge in [-0.3, -0.25) is 14.8 Å². The van der Waals surface area contributed by atoms with Crippen LogP contribution in [0.4, 0.5) is 5.69 Å². The summed E-state index contributed by atoms with van der Waals surface area (Å²) in [7, 11) is 1.75. The van der Waals surface area contributed by atoms with Crippen LogP contribution >= 0.6 is 0 Å². The van der Waals surface area contributed by atoms with Gasteiger partial charge in [-0.1, -0.05) is 6.07 Å². The minimum absolute atomic E-state index is 0.000431. The Morgan fingerprint density at radius 1 is 1.53 bits per heavy atom. The molecule has 0 bridgehead atoms. The van der Waals surface area contributed by atoms with Crippen LogP contribution in [-0.2, 0) is 13.7 Å². The average molecular weight is 234 g/mol. The van der Waals surface area contributed by atoms with E-state index in [2.05, 4.69) is 10.1 Å². The van der Waals surface area contributed by atoms with Crippen molar-refractivity contribution in [1.29, 1.82) is 0 Å². The third kappa shape index (κ3) is 2.57. The molecule has 2 aromatic rings. The molecule has 0 aliphatic carbocycles. The van der Waals surface area contributed by atoms with Gasteiger partial charge in [-0.25, -0.2) is 4.98 Å². The number of benzene rings is 1. The molecule has 0 amide bonds. The lowest BCUT2D eigenvalue weighted by molar-refractivity contribution is -0.384. The average Bonchev–Trinajstić information content (AvgIpc) is 2.72. The highest BCUT2D eigenvalue weighted by atomic mass is 16.6. The molecule has 0 saturated heterocycles. The van der Waals surface area contributed by atoms with Gasteiger partial charge < -0.3 is 4.74 Å². The summed E-state index contributed by atoms with van der Waals surface area (Å²) in [5.41, 5.74) is 0.000431. The van der Waals surface area contributed by atoms with Crippen molar-refractivity contribution in [2.75, 3.05) is 0 Å². The van der Waals surface area contributed by atoms with Crippen molar-refractivity contribution in [1.82, 2.24) is 14.8 Å². The zero-order chi connectivity index (χ0) is 12.3. The molecule has 1 aromatic heterocycles. The van der Waals surface area contributed by atoms with E-state index >= 15 is 0 Å². The molecule has 1 heterocycles. The SMILES string of the molecule is Cn1ncnc1COc1cccc([N+](=O)[O-])c1. The number of ether oxygens (including phenoxy) is 1. The van der Waals surface area contributed by atoms with Gasteiger partial charge in [0.05, 0.1) is 11.0 Å². The molecule has 0 saturated carbocycles. The van der Waals surface area contributed by atoms with Gasteiger partial charge in [-0.05, 0) is 6.07 Å². The maximum absolute atomic E-state index is 10.6. The summed E-state index contributed by atoms with van der Waals surface area (Å²) in [5, 5.41) is 14.5. The van der Waals surface area contributed by atoms with E-state index < -0.39 is 4.92 Å². The molecule has 2 rings (SSSR count). The smallest absolute Gasteiger partial charge is 0.273 e. The van der Waals surface area contributed by atoms with Gasteiger partial charge in [0.2, 0.25) is 0 Å². The molecule has 0 aliphatic heterocycles. The van der Waals surface area contributed by atoms with Crippen LogP contribution in [0.5, 0.6) is 5.75 Å². The van der Waals surface area contributed by atoms with Gasteiger partial charge in [0, 0.05) is 13.1 Å². The Kier molecular flexibility index (Phi) is 2.99. The third-order valence-corrected chi connectivity index (χ3v) is 2.20. The molecule has 0 fully saturated rings. The topological polar surface area (TPSA) is 83.1 Å². The number of aryl methyl sites for hydroxylation is 1. The van der Waals surface area contributed by atoms with Gasteiger partial charge in [-0.2, -0.15) is 5.10 Å². The molecule has 0 unspecified atom stereocenters. The Balaban J connectivity index is 2.07. The fraction of sp³-hybridized carbons (Fsp3) is 0.200. The molecule has 7 nitrogen and oxygen atoms in total. The van der Waals surface area contributed by atoms with Crippen LogP contribution in [0.2, 0.25) is 0 Å². The van der Waals surface area contributed by atoms with Crippen molar-refractivity contribution in [3.63, 3.8) is 0 Å². The fourth-order valence-corrected chi connectivity index (χ4v) is 1.29. The summed E-state index contributed by atoms with van der Waals surface area (Å²) in [5.74, 6) is 1.08. The molecule has 0 spiro atoms. The van der Waals surface area contributed by atoms with E-state index in [0.29, 0.717) is 11.6 Å². The first-order chi connectivity index (χ1) is 8.16. The minimum Gasteiger partial charge on any atom is -0.485 e. The number of rotatable bonds is 4. The molecular formula is C10H10N4O3. The number of nitrogens with zero attached hydrogens (tertiary/aromatic N) is 4. The van der Waals surface area contributed by atoms with Crippen LogP contribution in [0.3, 0.4) is 0 Å². The fourth-order valence-electron chi connectivity index (χ4n) is 1.29. The second-order valence-electron chi connectivity index (χ2n) is 3.34. The Morgan fingerprint density at radius 2 is 2.35 bits per heavy atom. The van der Waals surface area contributed by atoms with Crippen LogP contribution < -0.4 is 4.74 Å². The van der Waals surface area contributed by atoms with Crippen molar-refractivity contribution in [3.05, 3.63) is 46.5 Å². The number of nitro groups is 1. The van der Waals surface area contributed by atoms with Crippen LogP contribution in [0.1, 0.15) is 5.82 Å². The lowest BCUT2D eigenvalue weighted by Gasteiger charge is -2.04. The molecule has 0 N–H and O–H groups in total. The van der Waals surface area contributed by atoms with E-state index in [0.717, 1.165) is 0 Å². The van der Waals surface area contributed by atoms with Gasteiger partial charge >= 0.3 is 0 Å². The second kappa shape index (κ2) is 4.60. The highest BCUT2D eigenvalue weighted by Crippen LogP contribution is 2.19. The maximum atomic E-state index is 10.6. The highest BCUT2D eigenvalue weighted by molar-refractivity contribution is 5.37. The number of aromatic nitrogens is 3. The van der Waals surface area contributed by atoms with Crippen molar-refractivity contribution in [2.24, 2.45) is 7.05 Å². The zero-order valence-corrected chi connectivity index (χ0v) is 9.11.